The van der Waals surface area contributed by atoms with Crippen molar-refractivity contribution in [2.75, 3.05) is 26.7 Å². The Morgan fingerprint density at radius 3 is 2.16 bits per heavy atom. The number of carbonyl (C=O) groups excluding carboxylic acids is 2. The van der Waals surface area contributed by atoms with Crippen molar-refractivity contribution in [1.82, 2.24) is 15.5 Å². The van der Waals surface area contributed by atoms with E-state index in [1.807, 2.05) is 0 Å². The van der Waals surface area contributed by atoms with Gasteiger partial charge in [-0.05, 0) is 42.4 Å². The molecular formula is C21H28IN5O4S. The van der Waals surface area contributed by atoms with Crippen LogP contribution < -0.4 is 15.8 Å². The lowest BCUT2D eigenvalue weighted by Crippen LogP contribution is -2.44. The van der Waals surface area contributed by atoms with Crippen LogP contribution in [0.2, 0.25) is 0 Å². The van der Waals surface area contributed by atoms with Gasteiger partial charge in [0, 0.05) is 26.7 Å². The van der Waals surface area contributed by atoms with Gasteiger partial charge in [-0.15, -0.1) is 24.0 Å². The summed E-state index contributed by atoms with van der Waals surface area (Å²) in [5.74, 6) is 0.596. The number of nitrogens with one attached hydrogen (secondary N) is 2. The zero-order valence-electron chi connectivity index (χ0n) is 17.7. The van der Waals surface area contributed by atoms with Crippen LogP contribution in [0.3, 0.4) is 0 Å². The van der Waals surface area contributed by atoms with Gasteiger partial charge in [0.15, 0.2) is 5.96 Å². The van der Waals surface area contributed by atoms with Gasteiger partial charge >= 0.3 is 0 Å². The summed E-state index contributed by atoms with van der Waals surface area (Å²) in [7, 11) is -2.04. The summed E-state index contributed by atoms with van der Waals surface area (Å²) in [5.41, 5.74) is 0.957. The maximum absolute atomic E-state index is 12.7. The number of hydrogen-bond acceptors (Lipinski definition) is 5. The number of guanidine groups is 1. The van der Waals surface area contributed by atoms with E-state index in [0.29, 0.717) is 32.0 Å². The van der Waals surface area contributed by atoms with Crippen molar-refractivity contribution in [2.24, 2.45) is 33.8 Å². The van der Waals surface area contributed by atoms with Crippen LogP contribution >= 0.6 is 24.0 Å². The molecule has 0 radical (unpaired) electrons. The van der Waals surface area contributed by atoms with Crippen molar-refractivity contribution in [3.05, 3.63) is 42.0 Å². The summed E-state index contributed by atoms with van der Waals surface area (Å²) in [5, 5.41) is 11.4. The quantitative estimate of drug-likeness (QED) is 0.143. The molecule has 4 rings (SSSR count). The van der Waals surface area contributed by atoms with Crippen molar-refractivity contribution in [3.8, 4) is 0 Å². The van der Waals surface area contributed by atoms with E-state index in [1.54, 1.807) is 19.2 Å². The van der Waals surface area contributed by atoms with Gasteiger partial charge in [-0.3, -0.25) is 19.5 Å². The highest BCUT2D eigenvalue weighted by Crippen LogP contribution is 2.52. The Balaban J connectivity index is 0.00000289. The second-order valence-corrected chi connectivity index (χ2v) is 9.75. The van der Waals surface area contributed by atoms with E-state index in [4.69, 9.17) is 5.14 Å². The van der Waals surface area contributed by atoms with E-state index in [2.05, 4.69) is 27.8 Å². The number of amides is 2. The van der Waals surface area contributed by atoms with E-state index in [-0.39, 0.29) is 64.4 Å². The summed E-state index contributed by atoms with van der Waals surface area (Å²) in [4.78, 5) is 31.0. The zero-order chi connectivity index (χ0) is 22.2. The number of sulfonamides is 1. The molecule has 1 aromatic carbocycles. The number of carbonyl (C=O) groups is 2. The van der Waals surface area contributed by atoms with Crippen molar-refractivity contribution in [1.29, 1.82) is 0 Å². The van der Waals surface area contributed by atoms with Gasteiger partial charge in [0.2, 0.25) is 21.8 Å². The number of nitrogens with two attached hydrogens (primary N) is 1. The Labute approximate surface area is 205 Å². The Morgan fingerprint density at radius 1 is 1.06 bits per heavy atom. The second kappa shape index (κ2) is 9.87. The average molecular weight is 573 g/mol. The normalized spacial score (nSPS) is 26.3. The molecule has 0 aromatic heterocycles. The third-order valence-electron chi connectivity index (χ3n) is 6.37. The average Bonchev–Trinajstić information content (AvgIpc) is 3.42. The highest BCUT2D eigenvalue weighted by atomic mass is 127. The number of halogens is 1. The molecule has 11 heteroatoms. The number of benzene rings is 1. The predicted molar refractivity (Wildman–Crippen MR) is 131 cm³/mol. The van der Waals surface area contributed by atoms with Gasteiger partial charge in [0.05, 0.1) is 16.7 Å². The standard InChI is InChI=1S/C21H27N5O4S.HI/c1-23-21(24-9-8-13-2-6-16(7-3-13)31(22,29)30)25-10-11-26-19(27)17-14-4-5-15(12-14)18(17)20(26)28;/h2-7,14-15,17-18H,8-12H2,1H3,(H2,22,29,30)(H2,23,24,25);1H. The number of primary sulfonamides is 1. The Morgan fingerprint density at radius 2 is 1.62 bits per heavy atom. The Hall–Kier alpha value is -1.99. The molecule has 2 fully saturated rings. The van der Waals surface area contributed by atoms with Gasteiger partial charge in [0.25, 0.3) is 0 Å². The minimum absolute atomic E-state index is 0. The first-order valence-electron chi connectivity index (χ1n) is 10.4. The first-order valence-corrected chi connectivity index (χ1v) is 11.9. The van der Waals surface area contributed by atoms with Crippen molar-refractivity contribution in [2.45, 2.75) is 17.7 Å². The molecular weight excluding hydrogens is 545 g/mol. The summed E-state index contributed by atoms with van der Waals surface area (Å²) in [6, 6.07) is 6.42. The molecule has 2 amide bonds. The van der Waals surface area contributed by atoms with Crippen LogP contribution in [0, 0.1) is 23.7 Å². The molecule has 2 bridgehead atoms. The molecule has 4 N–H and O–H groups in total. The lowest BCUT2D eigenvalue weighted by atomic mass is 9.85. The molecule has 1 heterocycles. The van der Waals surface area contributed by atoms with Crippen LogP contribution in [-0.4, -0.2) is 57.8 Å². The van der Waals surface area contributed by atoms with Gasteiger partial charge in [0.1, 0.15) is 0 Å². The summed E-state index contributed by atoms with van der Waals surface area (Å²) in [6.07, 6.45) is 5.77. The Kier molecular flexibility index (Phi) is 7.61. The van der Waals surface area contributed by atoms with Gasteiger partial charge in [-0.2, -0.15) is 0 Å². The lowest BCUT2D eigenvalue weighted by molar-refractivity contribution is -0.140. The molecule has 2 aliphatic carbocycles. The first-order chi connectivity index (χ1) is 14.8. The third kappa shape index (κ3) is 4.84. The third-order valence-corrected chi connectivity index (χ3v) is 7.30. The molecule has 1 aromatic rings. The summed E-state index contributed by atoms with van der Waals surface area (Å²) < 4.78 is 22.6. The van der Waals surface area contributed by atoms with Gasteiger partial charge in [-0.25, -0.2) is 13.6 Å². The topological polar surface area (TPSA) is 134 Å². The highest BCUT2D eigenvalue weighted by molar-refractivity contribution is 14.0. The van der Waals surface area contributed by atoms with Crippen LogP contribution in [0.1, 0.15) is 12.0 Å². The number of aliphatic imine (C=N–C) groups is 1. The van der Waals surface area contributed by atoms with Gasteiger partial charge in [-0.1, -0.05) is 24.3 Å². The SMILES string of the molecule is CN=C(NCCc1ccc(S(N)(=O)=O)cc1)NCCN1C(=O)C2C3C=CC(C3)C2C1=O.I. The maximum atomic E-state index is 12.7. The Bertz CT molecular complexity index is 1010. The van der Waals surface area contributed by atoms with Crippen LogP contribution in [0.4, 0.5) is 0 Å². The zero-order valence-corrected chi connectivity index (χ0v) is 20.9. The number of hydrogen-bond donors (Lipinski definition) is 3. The fourth-order valence-corrected chi connectivity index (χ4v) is 5.38. The van der Waals surface area contributed by atoms with Crippen LogP contribution in [0.15, 0.2) is 46.3 Å². The molecule has 0 spiro atoms. The van der Waals surface area contributed by atoms with Gasteiger partial charge < -0.3 is 10.6 Å². The van der Waals surface area contributed by atoms with Crippen LogP contribution in [0.5, 0.6) is 0 Å². The number of allylic oxidation sites excluding steroid dienone is 2. The molecule has 32 heavy (non-hydrogen) atoms. The smallest absolute Gasteiger partial charge is 0.238 e. The van der Waals surface area contributed by atoms with Crippen LogP contribution in [0.25, 0.3) is 0 Å². The summed E-state index contributed by atoms with van der Waals surface area (Å²) in [6.45, 7) is 1.32. The molecule has 1 saturated heterocycles. The number of likely N-dealkylation sites (tertiary alicyclic amines) is 1. The number of rotatable bonds is 7. The number of fused-ring (bicyclic) bond motifs is 5. The predicted octanol–water partition coefficient (Wildman–Crippen LogP) is 0.467. The highest BCUT2D eigenvalue weighted by Gasteiger charge is 2.58. The van der Waals surface area contributed by atoms with Crippen molar-refractivity contribution in [3.63, 3.8) is 0 Å². The minimum Gasteiger partial charge on any atom is -0.356 e. The van der Waals surface area contributed by atoms with E-state index in [9.17, 15) is 18.0 Å². The molecule has 9 nitrogen and oxygen atoms in total. The van der Waals surface area contributed by atoms with E-state index in [1.165, 1.54) is 17.0 Å². The first kappa shape index (κ1) is 24.6. The second-order valence-electron chi connectivity index (χ2n) is 8.19. The van der Waals surface area contributed by atoms with E-state index < -0.39 is 10.0 Å². The fraction of sp³-hybridized carbons (Fsp3) is 0.476. The van der Waals surface area contributed by atoms with Crippen molar-refractivity contribution < 1.29 is 18.0 Å². The molecule has 1 saturated carbocycles. The maximum Gasteiger partial charge on any atom is 0.238 e. The molecule has 174 valence electrons. The lowest BCUT2D eigenvalue weighted by Gasteiger charge is -2.18. The minimum atomic E-state index is -3.69. The summed E-state index contributed by atoms with van der Waals surface area (Å²) >= 11 is 0. The van der Waals surface area contributed by atoms with E-state index >= 15 is 0 Å². The largest absolute Gasteiger partial charge is 0.356 e. The van der Waals surface area contributed by atoms with Crippen molar-refractivity contribution >= 4 is 51.8 Å². The van der Waals surface area contributed by atoms with E-state index in [0.717, 1.165) is 12.0 Å². The monoisotopic (exact) mass is 573 g/mol. The molecule has 4 atom stereocenters. The van der Waals surface area contributed by atoms with Crippen LogP contribution in [-0.2, 0) is 26.0 Å². The molecule has 3 aliphatic rings. The fourth-order valence-electron chi connectivity index (χ4n) is 4.86. The molecule has 1 aliphatic heterocycles. The number of nitrogens with zero attached hydrogens (tertiary/aromatic N) is 2. The molecule has 4 unspecified atom stereocenters. The number of imide groups is 1.